The molecule has 0 spiro atoms. The molecule has 7 aromatic rings. The summed E-state index contributed by atoms with van der Waals surface area (Å²) < 4.78 is 2.32. The van der Waals surface area contributed by atoms with Crippen molar-refractivity contribution in [1.82, 2.24) is 14.5 Å². The van der Waals surface area contributed by atoms with Crippen LogP contribution in [-0.2, 0) is 0 Å². The third-order valence-electron chi connectivity index (χ3n) is 7.24. The van der Waals surface area contributed by atoms with Crippen LogP contribution in [-0.4, -0.2) is 14.5 Å². The molecule has 0 atom stereocenters. The van der Waals surface area contributed by atoms with E-state index in [1.165, 1.54) is 38.4 Å². The molecule has 3 aromatic heterocycles. The maximum atomic E-state index is 5.06. The fourth-order valence-electron chi connectivity index (χ4n) is 5.72. The molecular formula is C32H19N3. The van der Waals surface area contributed by atoms with E-state index in [1.54, 1.807) is 0 Å². The Labute approximate surface area is 202 Å². The first kappa shape index (κ1) is 18.6. The molecule has 0 fully saturated rings. The topological polar surface area (TPSA) is 30.7 Å². The molecule has 1 aliphatic carbocycles. The Bertz CT molecular complexity index is 1920. The highest BCUT2D eigenvalue weighted by Crippen LogP contribution is 2.47. The zero-order chi connectivity index (χ0) is 22.9. The van der Waals surface area contributed by atoms with Crippen LogP contribution in [0.25, 0.3) is 71.9 Å². The van der Waals surface area contributed by atoms with Crippen molar-refractivity contribution in [2.75, 3.05) is 0 Å². The van der Waals surface area contributed by atoms with E-state index in [4.69, 9.17) is 4.98 Å². The van der Waals surface area contributed by atoms with Gasteiger partial charge in [-0.1, -0.05) is 78.9 Å². The van der Waals surface area contributed by atoms with E-state index < -0.39 is 0 Å². The second-order valence-electron chi connectivity index (χ2n) is 9.07. The van der Waals surface area contributed by atoms with Crippen molar-refractivity contribution in [3.63, 3.8) is 0 Å². The van der Waals surface area contributed by atoms with Gasteiger partial charge in [0.05, 0.1) is 16.7 Å². The van der Waals surface area contributed by atoms with Crippen LogP contribution in [0.3, 0.4) is 0 Å². The summed E-state index contributed by atoms with van der Waals surface area (Å²) >= 11 is 0. The Morgan fingerprint density at radius 1 is 0.514 bits per heavy atom. The molecule has 1 aliphatic rings. The Morgan fingerprint density at radius 3 is 2.26 bits per heavy atom. The predicted molar refractivity (Wildman–Crippen MR) is 144 cm³/mol. The summed E-state index contributed by atoms with van der Waals surface area (Å²) in [5, 5.41) is 4.85. The van der Waals surface area contributed by atoms with Crippen LogP contribution < -0.4 is 0 Å². The van der Waals surface area contributed by atoms with Crippen LogP contribution in [0.15, 0.2) is 116 Å². The number of fused-ring (bicyclic) bond motifs is 6. The highest BCUT2D eigenvalue weighted by atomic mass is 15.1. The summed E-state index contributed by atoms with van der Waals surface area (Å²) in [6.45, 7) is 0. The second-order valence-corrected chi connectivity index (χ2v) is 9.07. The smallest absolute Gasteiger partial charge is 0.145 e. The molecule has 3 nitrogen and oxygen atoms in total. The molecule has 4 aromatic carbocycles. The molecule has 0 unspecified atom stereocenters. The minimum absolute atomic E-state index is 0.956. The van der Waals surface area contributed by atoms with Crippen LogP contribution in [0.1, 0.15) is 0 Å². The first-order valence-electron chi connectivity index (χ1n) is 11.8. The van der Waals surface area contributed by atoms with Gasteiger partial charge in [-0.05, 0) is 41.0 Å². The summed E-state index contributed by atoms with van der Waals surface area (Å²) in [7, 11) is 0. The van der Waals surface area contributed by atoms with Gasteiger partial charge in [-0.2, -0.15) is 0 Å². The highest BCUT2D eigenvalue weighted by molar-refractivity contribution is 6.17. The first-order chi connectivity index (χ1) is 17.4. The molecular weight excluding hydrogens is 426 g/mol. The number of hydrogen-bond acceptors (Lipinski definition) is 2. The SMILES string of the molecule is c1ccc(-c2ccc3c(c2)c2ccccc2n3-c2ncc3c4c(cccc24)-c2cccnc2-3)cc1. The van der Waals surface area contributed by atoms with Gasteiger partial charge in [-0.15, -0.1) is 0 Å². The highest BCUT2D eigenvalue weighted by Gasteiger charge is 2.25. The molecule has 0 saturated heterocycles. The minimum atomic E-state index is 0.956. The van der Waals surface area contributed by atoms with Crippen molar-refractivity contribution in [2.24, 2.45) is 0 Å². The Hall–Kier alpha value is -4.76. The lowest BCUT2D eigenvalue weighted by Crippen LogP contribution is -1.99. The van der Waals surface area contributed by atoms with E-state index in [0.717, 1.165) is 33.5 Å². The van der Waals surface area contributed by atoms with E-state index in [2.05, 4.69) is 107 Å². The third-order valence-corrected chi connectivity index (χ3v) is 7.24. The van der Waals surface area contributed by atoms with Crippen molar-refractivity contribution in [2.45, 2.75) is 0 Å². The van der Waals surface area contributed by atoms with Crippen LogP contribution in [0.2, 0.25) is 0 Å². The average Bonchev–Trinajstić information content (AvgIpc) is 3.44. The minimum Gasteiger partial charge on any atom is -0.293 e. The number of benzene rings is 4. The third kappa shape index (κ3) is 2.50. The lowest BCUT2D eigenvalue weighted by molar-refractivity contribution is 1.10. The van der Waals surface area contributed by atoms with Gasteiger partial charge in [0, 0.05) is 45.1 Å². The number of pyridine rings is 2. The van der Waals surface area contributed by atoms with Crippen molar-refractivity contribution in [3.8, 4) is 39.3 Å². The van der Waals surface area contributed by atoms with E-state index in [0.29, 0.717) is 0 Å². The predicted octanol–water partition coefficient (Wildman–Crippen LogP) is 8.04. The van der Waals surface area contributed by atoms with Crippen LogP contribution >= 0.6 is 0 Å². The molecule has 0 radical (unpaired) electrons. The summed E-state index contributed by atoms with van der Waals surface area (Å²) in [5.41, 5.74) is 9.31. The van der Waals surface area contributed by atoms with Gasteiger partial charge in [0.1, 0.15) is 5.82 Å². The number of hydrogen-bond donors (Lipinski definition) is 0. The van der Waals surface area contributed by atoms with Gasteiger partial charge in [0.2, 0.25) is 0 Å². The Kier molecular flexibility index (Phi) is 3.66. The van der Waals surface area contributed by atoms with E-state index >= 15 is 0 Å². The number of para-hydroxylation sites is 1. The van der Waals surface area contributed by atoms with Gasteiger partial charge in [-0.25, -0.2) is 4.98 Å². The normalized spacial score (nSPS) is 12.0. The molecule has 0 N–H and O–H groups in total. The van der Waals surface area contributed by atoms with E-state index in [1.807, 2.05) is 18.5 Å². The van der Waals surface area contributed by atoms with Gasteiger partial charge in [0.25, 0.3) is 0 Å². The number of aromatic nitrogens is 3. The molecule has 3 heterocycles. The maximum Gasteiger partial charge on any atom is 0.145 e. The largest absolute Gasteiger partial charge is 0.293 e. The van der Waals surface area contributed by atoms with Gasteiger partial charge in [-0.3, -0.25) is 9.55 Å². The molecule has 8 rings (SSSR count). The Morgan fingerprint density at radius 2 is 1.31 bits per heavy atom. The quantitative estimate of drug-likeness (QED) is 0.269. The van der Waals surface area contributed by atoms with Crippen molar-refractivity contribution < 1.29 is 0 Å². The van der Waals surface area contributed by atoms with Crippen molar-refractivity contribution >= 4 is 32.6 Å². The molecule has 0 bridgehead atoms. The van der Waals surface area contributed by atoms with Crippen molar-refractivity contribution in [1.29, 1.82) is 0 Å². The van der Waals surface area contributed by atoms with Gasteiger partial charge < -0.3 is 0 Å². The lowest BCUT2D eigenvalue weighted by atomic mass is 10.0. The van der Waals surface area contributed by atoms with Crippen LogP contribution in [0.4, 0.5) is 0 Å². The maximum absolute atomic E-state index is 5.06. The molecule has 3 heteroatoms. The number of rotatable bonds is 2. The summed E-state index contributed by atoms with van der Waals surface area (Å²) in [6.07, 6.45) is 3.86. The average molecular weight is 446 g/mol. The Balaban J connectivity index is 1.46. The van der Waals surface area contributed by atoms with Crippen molar-refractivity contribution in [3.05, 3.63) is 116 Å². The fourth-order valence-corrected chi connectivity index (χ4v) is 5.72. The molecule has 0 amide bonds. The zero-order valence-corrected chi connectivity index (χ0v) is 18.8. The first-order valence-corrected chi connectivity index (χ1v) is 11.8. The monoisotopic (exact) mass is 445 g/mol. The standard InChI is InChI=1S/C32H19N3/c1-2-8-20(9-3-1)21-15-16-29-26(18-21)22-10-4-5-14-28(22)35(29)32-25-12-6-11-23-24-13-7-17-33-31(24)27(19-34-32)30(23)25/h1-19H. The summed E-state index contributed by atoms with van der Waals surface area (Å²) in [6, 6.07) is 36.6. The molecule has 162 valence electrons. The molecule has 0 aliphatic heterocycles. The fraction of sp³-hybridized carbons (Fsp3) is 0. The van der Waals surface area contributed by atoms with Gasteiger partial charge in [0.15, 0.2) is 0 Å². The van der Waals surface area contributed by atoms with Crippen LogP contribution in [0, 0.1) is 0 Å². The van der Waals surface area contributed by atoms with E-state index in [-0.39, 0.29) is 0 Å². The summed E-state index contributed by atoms with van der Waals surface area (Å²) in [5.74, 6) is 0.956. The number of nitrogens with zero attached hydrogens (tertiary/aromatic N) is 3. The summed E-state index contributed by atoms with van der Waals surface area (Å²) in [4.78, 5) is 9.74. The molecule has 0 saturated carbocycles. The molecule has 35 heavy (non-hydrogen) atoms. The van der Waals surface area contributed by atoms with Crippen LogP contribution in [0.5, 0.6) is 0 Å². The second kappa shape index (κ2) is 6.87. The lowest BCUT2D eigenvalue weighted by Gasteiger charge is -2.12. The van der Waals surface area contributed by atoms with E-state index in [9.17, 15) is 0 Å². The zero-order valence-electron chi connectivity index (χ0n) is 18.8. The van der Waals surface area contributed by atoms with Gasteiger partial charge >= 0.3 is 0 Å².